The van der Waals surface area contributed by atoms with Gasteiger partial charge in [0.2, 0.25) is 0 Å². The van der Waals surface area contributed by atoms with E-state index in [1.807, 2.05) is 60.7 Å². The minimum Gasteiger partial charge on any atom is -0.387 e. The van der Waals surface area contributed by atoms with Gasteiger partial charge in [0.1, 0.15) is 0 Å². The third-order valence-corrected chi connectivity index (χ3v) is 4.81. The first-order valence-electron chi connectivity index (χ1n) is 9.92. The van der Waals surface area contributed by atoms with Gasteiger partial charge in [-0.2, -0.15) is 0 Å². The molecule has 1 atom stereocenters. The Hall–Kier alpha value is -3.06. The Balaban J connectivity index is 1.61. The number of ether oxygens (including phenoxy) is 1. The van der Waals surface area contributed by atoms with Crippen molar-refractivity contribution in [3.05, 3.63) is 112 Å². The Morgan fingerprint density at radius 1 is 0.933 bits per heavy atom. The van der Waals surface area contributed by atoms with E-state index >= 15 is 0 Å². The Labute approximate surface area is 176 Å². The van der Waals surface area contributed by atoms with Crippen LogP contribution < -0.4 is 0 Å². The number of aliphatic hydroxyl groups excluding tert-OH is 1. The molecule has 3 aromatic carbocycles. The average molecular weight is 406 g/mol. The summed E-state index contributed by atoms with van der Waals surface area (Å²) in [6, 6.07) is 26.2. The zero-order valence-electron chi connectivity index (χ0n) is 16.8. The summed E-state index contributed by atoms with van der Waals surface area (Å²) in [6.45, 7) is 2.69. The van der Waals surface area contributed by atoms with Crippen LogP contribution in [-0.2, 0) is 17.9 Å². The Morgan fingerprint density at radius 3 is 2.27 bits per heavy atom. The highest BCUT2D eigenvalue weighted by Crippen LogP contribution is 2.21. The molecule has 1 unspecified atom stereocenters. The average Bonchev–Trinajstić information content (AvgIpc) is 2.78. The summed E-state index contributed by atoms with van der Waals surface area (Å²) in [7, 11) is 0. The fourth-order valence-corrected chi connectivity index (χ4v) is 3.23. The highest BCUT2D eigenvalue weighted by atomic mass is 16.6. The van der Waals surface area contributed by atoms with E-state index in [0.29, 0.717) is 38.4 Å². The van der Waals surface area contributed by atoms with Gasteiger partial charge in [0.15, 0.2) is 0 Å². The molecule has 0 saturated carbocycles. The van der Waals surface area contributed by atoms with Gasteiger partial charge in [0.05, 0.1) is 24.2 Å². The number of hydrogen-bond acceptors (Lipinski definition) is 5. The number of nitrogens with zero attached hydrogens (tertiary/aromatic N) is 2. The van der Waals surface area contributed by atoms with Gasteiger partial charge in [0.25, 0.3) is 5.69 Å². The summed E-state index contributed by atoms with van der Waals surface area (Å²) in [5, 5.41) is 21.7. The van der Waals surface area contributed by atoms with E-state index < -0.39 is 11.0 Å². The van der Waals surface area contributed by atoms with E-state index in [-0.39, 0.29) is 5.69 Å². The highest BCUT2D eigenvalue weighted by Gasteiger charge is 2.16. The van der Waals surface area contributed by atoms with Crippen LogP contribution in [0.1, 0.15) is 22.8 Å². The smallest absolute Gasteiger partial charge is 0.269 e. The maximum atomic E-state index is 11.0. The minimum absolute atomic E-state index is 0.0210. The van der Waals surface area contributed by atoms with Gasteiger partial charge in [-0.15, -0.1) is 0 Å². The Morgan fingerprint density at radius 2 is 1.60 bits per heavy atom. The predicted molar refractivity (Wildman–Crippen MR) is 116 cm³/mol. The van der Waals surface area contributed by atoms with Crippen LogP contribution in [0.4, 0.5) is 5.69 Å². The molecule has 1 N–H and O–H groups in total. The van der Waals surface area contributed by atoms with E-state index in [0.717, 1.165) is 11.1 Å². The second kappa shape index (κ2) is 11.2. The maximum Gasteiger partial charge on any atom is 0.269 e. The molecule has 0 radical (unpaired) electrons. The second-order valence-electron chi connectivity index (χ2n) is 7.13. The largest absolute Gasteiger partial charge is 0.387 e. The zero-order valence-corrected chi connectivity index (χ0v) is 16.8. The zero-order chi connectivity index (χ0) is 21.2. The lowest BCUT2D eigenvalue weighted by Crippen LogP contribution is -2.31. The Kier molecular flexibility index (Phi) is 8.09. The SMILES string of the molecule is O=[N+]([O-])c1cccc(C(O)CN(CCOCc2ccccc2)Cc2ccccc2)c1. The van der Waals surface area contributed by atoms with Crippen molar-refractivity contribution in [2.75, 3.05) is 19.7 Å². The summed E-state index contributed by atoms with van der Waals surface area (Å²) in [5.74, 6) is 0. The van der Waals surface area contributed by atoms with E-state index in [9.17, 15) is 15.2 Å². The standard InChI is InChI=1S/C24H26N2O4/c27-24(22-12-7-13-23(16-22)26(28)29)18-25(17-20-8-3-1-4-9-20)14-15-30-19-21-10-5-2-6-11-21/h1-13,16,24,27H,14-15,17-19H2. The van der Waals surface area contributed by atoms with Crippen molar-refractivity contribution in [3.63, 3.8) is 0 Å². The van der Waals surface area contributed by atoms with Crippen LogP contribution in [0, 0.1) is 10.1 Å². The number of non-ortho nitro benzene ring substituents is 1. The fourth-order valence-electron chi connectivity index (χ4n) is 3.23. The molecule has 6 heteroatoms. The number of benzene rings is 3. The van der Waals surface area contributed by atoms with E-state index in [1.54, 1.807) is 12.1 Å². The lowest BCUT2D eigenvalue weighted by Gasteiger charge is -2.25. The summed E-state index contributed by atoms with van der Waals surface area (Å²) in [4.78, 5) is 12.7. The topological polar surface area (TPSA) is 75.8 Å². The molecular formula is C24H26N2O4. The molecule has 0 aliphatic carbocycles. The maximum absolute atomic E-state index is 11.0. The number of nitro groups is 1. The molecule has 6 nitrogen and oxygen atoms in total. The molecule has 0 bridgehead atoms. The molecular weight excluding hydrogens is 380 g/mol. The third kappa shape index (κ3) is 6.77. The fraction of sp³-hybridized carbons (Fsp3) is 0.250. The molecule has 0 aliphatic heterocycles. The second-order valence-corrected chi connectivity index (χ2v) is 7.13. The van der Waals surface area contributed by atoms with Gasteiger partial charge in [-0.1, -0.05) is 72.8 Å². The molecule has 0 spiro atoms. The first-order valence-corrected chi connectivity index (χ1v) is 9.92. The number of rotatable bonds is 11. The molecule has 0 heterocycles. The molecule has 0 saturated heterocycles. The van der Waals surface area contributed by atoms with Crippen LogP contribution in [0.15, 0.2) is 84.9 Å². The van der Waals surface area contributed by atoms with Crippen molar-refractivity contribution in [2.24, 2.45) is 0 Å². The van der Waals surface area contributed by atoms with Crippen molar-refractivity contribution in [1.82, 2.24) is 4.90 Å². The van der Waals surface area contributed by atoms with E-state index in [2.05, 4.69) is 4.90 Å². The van der Waals surface area contributed by atoms with Crippen LogP contribution in [0.25, 0.3) is 0 Å². The molecule has 0 amide bonds. The predicted octanol–water partition coefficient (Wildman–Crippen LogP) is 4.35. The summed E-state index contributed by atoms with van der Waals surface area (Å²) < 4.78 is 5.81. The number of hydrogen-bond donors (Lipinski definition) is 1. The van der Waals surface area contributed by atoms with Crippen molar-refractivity contribution >= 4 is 5.69 Å². The lowest BCUT2D eigenvalue weighted by atomic mass is 10.1. The lowest BCUT2D eigenvalue weighted by molar-refractivity contribution is -0.385. The van der Waals surface area contributed by atoms with Gasteiger partial charge in [-0.05, 0) is 16.7 Å². The van der Waals surface area contributed by atoms with Gasteiger partial charge < -0.3 is 9.84 Å². The molecule has 30 heavy (non-hydrogen) atoms. The first kappa shape index (κ1) is 21.6. The molecule has 0 aromatic heterocycles. The molecule has 3 rings (SSSR count). The summed E-state index contributed by atoms with van der Waals surface area (Å²) >= 11 is 0. The van der Waals surface area contributed by atoms with Crippen LogP contribution in [-0.4, -0.2) is 34.6 Å². The van der Waals surface area contributed by atoms with Crippen molar-refractivity contribution in [3.8, 4) is 0 Å². The van der Waals surface area contributed by atoms with Gasteiger partial charge >= 0.3 is 0 Å². The molecule has 3 aromatic rings. The Bertz CT molecular complexity index is 919. The monoisotopic (exact) mass is 406 g/mol. The van der Waals surface area contributed by atoms with Gasteiger partial charge in [0, 0.05) is 31.8 Å². The minimum atomic E-state index is -0.831. The summed E-state index contributed by atoms with van der Waals surface area (Å²) in [6.07, 6.45) is -0.831. The normalized spacial score (nSPS) is 12.1. The van der Waals surface area contributed by atoms with E-state index in [4.69, 9.17) is 4.74 Å². The van der Waals surface area contributed by atoms with Crippen LogP contribution in [0.2, 0.25) is 0 Å². The molecule has 0 fully saturated rings. The number of aliphatic hydroxyl groups is 1. The molecule has 156 valence electrons. The van der Waals surface area contributed by atoms with Gasteiger partial charge in [-0.25, -0.2) is 0 Å². The molecule has 0 aliphatic rings. The number of nitro benzene ring substituents is 1. The van der Waals surface area contributed by atoms with Crippen molar-refractivity contribution in [1.29, 1.82) is 0 Å². The van der Waals surface area contributed by atoms with E-state index in [1.165, 1.54) is 12.1 Å². The van der Waals surface area contributed by atoms with Crippen molar-refractivity contribution in [2.45, 2.75) is 19.3 Å². The van der Waals surface area contributed by atoms with Crippen LogP contribution in [0.5, 0.6) is 0 Å². The van der Waals surface area contributed by atoms with Crippen molar-refractivity contribution < 1.29 is 14.8 Å². The first-order chi connectivity index (χ1) is 14.6. The quantitative estimate of drug-likeness (QED) is 0.291. The van der Waals surface area contributed by atoms with Gasteiger partial charge in [-0.3, -0.25) is 15.0 Å². The van der Waals surface area contributed by atoms with Crippen LogP contribution >= 0.6 is 0 Å². The highest BCUT2D eigenvalue weighted by molar-refractivity contribution is 5.35. The van der Waals surface area contributed by atoms with Crippen LogP contribution in [0.3, 0.4) is 0 Å². The third-order valence-electron chi connectivity index (χ3n) is 4.81. The summed E-state index contributed by atoms with van der Waals surface area (Å²) in [5.41, 5.74) is 2.76.